The molecule has 2 nitrogen and oxygen atoms in total. The standard InChI is InChI=1S/C13H19N2/c1-2-3-9-15-10-8-14-13-7-5-4-6-12(13)11-15/h4-8,14H,2-3,9-11H2,1H3. The van der Waals surface area contributed by atoms with E-state index in [1.807, 2.05) is 0 Å². The van der Waals surface area contributed by atoms with Gasteiger partial charge < -0.3 is 5.32 Å². The van der Waals surface area contributed by atoms with E-state index in [1.54, 1.807) is 0 Å². The summed E-state index contributed by atoms with van der Waals surface area (Å²) in [4.78, 5) is 2.49. The zero-order chi connectivity index (χ0) is 10.5. The summed E-state index contributed by atoms with van der Waals surface area (Å²) in [6, 6.07) is 8.56. The molecule has 0 saturated carbocycles. The Labute approximate surface area is 92.3 Å². The van der Waals surface area contributed by atoms with Crippen LogP contribution < -0.4 is 5.32 Å². The average molecular weight is 203 g/mol. The van der Waals surface area contributed by atoms with Gasteiger partial charge in [-0.1, -0.05) is 31.5 Å². The molecule has 81 valence electrons. The molecule has 15 heavy (non-hydrogen) atoms. The fourth-order valence-corrected chi connectivity index (χ4v) is 1.94. The average Bonchev–Trinajstić information content (AvgIpc) is 2.47. The van der Waals surface area contributed by atoms with Crippen LogP contribution in [0.4, 0.5) is 5.69 Å². The van der Waals surface area contributed by atoms with Gasteiger partial charge in [0, 0.05) is 18.8 Å². The van der Waals surface area contributed by atoms with Gasteiger partial charge in [-0.3, -0.25) is 4.90 Å². The third kappa shape index (κ3) is 2.72. The molecule has 2 heteroatoms. The minimum atomic E-state index is 1.04. The first-order valence-electron chi connectivity index (χ1n) is 5.78. The Hall–Kier alpha value is -1.02. The molecular weight excluding hydrogens is 184 g/mol. The molecule has 1 N–H and O–H groups in total. The summed E-state index contributed by atoms with van der Waals surface area (Å²) in [7, 11) is 0. The minimum absolute atomic E-state index is 1.04. The van der Waals surface area contributed by atoms with Gasteiger partial charge in [-0.15, -0.1) is 0 Å². The highest BCUT2D eigenvalue weighted by Crippen LogP contribution is 2.20. The molecule has 1 heterocycles. The number of para-hydroxylation sites is 1. The molecular formula is C13H19N2. The quantitative estimate of drug-likeness (QED) is 0.812. The predicted octanol–water partition coefficient (Wildman–Crippen LogP) is 2.88. The van der Waals surface area contributed by atoms with Crippen molar-refractivity contribution in [2.45, 2.75) is 26.3 Å². The van der Waals surface area contributed by atoms with Crippen molar-refractivity contribution in [2.24, 2.45) is 0 Å². The number of hydrogen-bond donors (Lipinski definition) is 1. The summed E-state index contributed by atoms with van der Waals surface area (Å²) in [6.45, 7) is 7.70. The van der Waals surface area contributed by atoms with E-state index < -0.39 is 0 Å². The van der Waals surface area contributed by atoms with Crippen molar-refractivity contribution in [3.05, 3.63) is 36.4 Å². The number of rotatable bonds is 3. The van der Waals surface area contributed by atoms with Crippen molar-refractivity contribution in [3.8, 4) is 0 Å². The van der Waals surface area contributed by atoms with Gasteiger partial charge in [0.15, 0.2) is 0 Å². The van der Waals surface area contributed by atoms with Crippen LogP contribution in [0.3, 0.4) is 0 Å². The highest BCUT2D eigenvalue weighted by molar-refractivity contribution is 5.52. The fraction of sp³-hybridized carbons (Fsp3) is 0.462. The second-order valence-corrected chi connectivity index (χ2v) is 4.09. The predicted molar refractivity (Wildman–Crippen MR) is 64.5 cm³/mol. The third-order valence-electron chi connectivity index (χ3n) is 2.85. The van der Waals surface area contributed by atoms with Gasteiger partial charge in [0.2, 0.25) is 0 Å². The van der Waals surface area contributed by atoms with Gasteiger partial charge in [0.1, 0.15) is 0 Å². The van der Waals surface area contributed by atoms with E-state index in [-0.39, 0.29) is 0 Å². The summed E-state index contributed by atoms with van der Waals surface area (Å²) in [5.41, 5.74) is 2.67. The number of nitrogens with zero attached hydrogens (tertiary/aromatic N) is 1. The zero-order valence-electron chi connectivity index (χ0n) is 9.37. The lowest BCUT2D eigenvalue weighted by molar-refractivity contribution is 0.286. The number of unbranched alkanes of at least 4 members (excludes halogenated alkanes) is 1. The molecule has 1 aliphatic heterocycles. The van der Waals surface area contributed by atoms with Gasteiger partial charge >= 0.3 is 0 Å². The van der Waals surface area contributed by atoms with Gasteiger partial charge in [-0.2, -0.15) is 0 Å². The molecule has 0 bridgehead atoms. The molecule has 1 aliphatic rings. The third-order valence-corrected chi connectivity index (χ3v) is 2.85. The first-order valence-corrected chi connectivity index (χ1v) is 5.78. The Morgan fingerprint density at radius 3 is 3.07 bits per heavy atom. The van der Waals surface area contributed by atoms with Crippen molar-refractivity contribution in [1.29, 1.82) is 0 Å². The van der Waals surface area contributed by atoms with E-state index in [0.717, 1.165) is 13.1 Å². The molecule has 0 fully saturated rings. The van der Waals surface area contributed by atoms with Crippen molar-refractivity contribution in [3.63, 3.8) is 0 Å². The number of hydrogen-bond acceptors (Lipinski definition) is 2. The molecule has 0 unspecified atom stereocenters. The first-order chi connectivity index (χ1) is 7.40. The maximum absolute atomic E-state index is 3.36. The van der Waals surface area contributed by atoms with Gasteiger partial charge in [0.25, 0.3) is 0 Å². The summed E-state index contributed by atoms with van der Waals surface area (Å²) in [5.74, 6) is 0. The second-order valence-electron chi connectivity index (χ2n) is 4.09. The van der Waals surface area contributed by atoms with E-state index in [2.05, 4.69) is 48.0 Å². The molecule has 1 aromatic carbocycles. The monoisotopic (exact) mass is 203 g/mol. The Kier molecular flexibility index (Phi) is 3.62. The van der Waals surface area contributed by atoms with E-state index in [9.17, 15) is 0 Å². The maximum Gasteiger partial charge on any atom is 0.0602 e. The topological polar surface area (TPSA) is 15.3 Å². The molecule has 0 amide bonds. The molecule has 1 aromatic rings. The van der Waals surface area contributed by atoms with Crippen LogP contribution in [0, 0.1) is 6.54 Å². The SMILES string of the molecule is CCCCN1C[CH]Nc2ccccc2C1. The van der Waals surface area contributed by atoms with Gasteiger partial charge in [-0.05, 0) is 24.6 Å². The second kappa shape index (κ2) is 5.17. The van der Waals surface area contributed by atoms with Crippen LogP contribution in [-0.2, 0) is 6.54 Å². The Morgan fingerprint density at radius 1 is 1.33 bits per heavy atom. The molecule has 0 aromatic heterocycles. The number of benzene rings is 1. The van der Waals surface area contributed by atoms with E-state index in [4.69, 9.17) is 0 Å². The van der Waals surface area contributed by atoms with Crippen LogP contribution in [0.1, 0.15) is 25.3 Å². The molecule has 0 saturated heterocycles. The van der Waals surface area contributed by atoms with Gasteiger partial charge in [0.05, 0.1) is 6.54 Å². The fourth-order valence-electron chi connectivity index (χ4n) is 1.94. The van der Waals surface area contributed by atoms with E-state index in [1.165, 1.54) is 30.6 Å². The van der Waals surface area contributed by atoms with E-state index in [0.29, 0.717) is 0 Å². The normalized spacial score (nSPS) is 16.6. The largest absolute Gasteiger partial charge is 0.379 e. The van der Waals surface area contributed by atoms with Crippen molar-refractivity contribution in [2.75, 3.05) is 18.4 Å². The summed E-state index contributed by atoms with van der Waals surface area (Å²) in [6.07, 6.45) is 2.56. The van der Waals surface area contributed by atoms with Crippen molar-refractivity contribution < 1.29 is 0 Å². The number of nitrogens with one attached hydrogen (secondary N) is 1. The van der Waals surface area contributed by atoms with Crippen molar-refractivity contribution in [1.82, 2.24) is 4.90 Å². The van der Waals surface area contributed by atoms with Crippen LogP contribution >= 0.6 is 0 Å². The molecule has 2 rings (SSSR count). The molecule has 0 spiro atoms. The minimum Gasteiger partial charge on any atom is -0.379 e. The Morgan fingerprint density at radius 2 is 2.20 bits per heavy atom. The summed E-state index contributed by atoms with van der Waals surface area (Å²) in [5, 5.41) is 3.36. The van der Waals surface area contributed by atoms with Crippen LogP contribution in [0.5, 0.6) is 0 Å². The van der Waals surface area contributed by atoms with E-state index >= 15 is 0 Å². The van der Waals surface area contributed by atoms with Crippen LogP contribution in [-0.4, -0.2) is 18.0 Å². The highest BCUT2D eigenvalue weighted by Gasteiger charge is 2.12. The summed E-state index contributed by atoms with van der Waals surface area (Å²) < 4.78 is 0. The molecule has 0 aliphatic carbocycles. The lowest BCUT2D eigenvalue weighted by atomic mass is 10.1. The van der Waals surface area contributed by atoms with Gasteiger partial charge in [-0.25, -0.2) is 0 Å². The number of fused-ring (bicyclic) bond motifs is 1. The zero-order valence-corrected chi connectivity index (χ0v) is 9.37. The van der Waals surface area contributed by atoms with Crippen LogP contribution in [0.2, 0.25) is 0 Å². The number of anilines is 1. The Balaban J connectivity index is 2.04. The molecule has 0 atom stereocenters. The lowest BCUT2D eigenvalue weighted by Crippen LogP contribution is -2.24. The first kappa shape index (κ1) is 10.5. The highest BCUT2D eigenvalue weighted by atomic mass is 15.1. The lowest BCUT2D eigenvalue weighted by Gasteiger charge is -2.18. The Bertz CT molecular complexity index is 307. The summed E-state index contributed by atoms with van der Waals surface area (Å²) >= 11 is 0. The molecule has 1 radical (unpaired) electrons. The van der Waals surface area contributed by atoms with Crippen LogP contribution in [0.15, 0.2) is 24.3 Å². The smallest absolute Gasteiger partial charge is 0.0602 e. The maximum atomic E-state index is 3.36. The van der Waals surface area contributed by atoms with Crippen molar-refractivity contribution >= 4 is 5.69 Å². The van der Waals surface area contributed by atoms with Crippen LogP contribution in [0.25, 0.3) is 0 Å².